The van der Waals surface area contributed by atoms with E-state index in [1.54, 1.807) is 25.6 Å². The van der Waals surface area contributed by atoms with E-state index in [0.717, 1.165) is 10.9 Å². The van der Waals surface area contributed by atoms with Crippen molar-refractivity contribution in [3.8, 4) is 0 Å². The zero-order valence-electron chi connectivity index (χ0n) is 11.8. The molecule has 0 amide bonds. The van der Waals surface area contributed by atoms with E-state index >= 15 is 0 Å². The van der Waals surface area contributed by atoms with Crippen LogP contribution in [-0.2, 0) is 9.47 Å². The number of hydrogen-bond acceptors (Lipinski definition) is 5. The molecular formula is C13H23ClN2O2S. The van der Waals surface area contributed by atoms with Gasteiger partial charge in [0.2, 0.25) is 0 Å². The van der Waals surface area contributed by atoms with Crippen LogP contribution in [0, 0.1) is 0 Å². The molecule has 2 atom stereocenters. The molecule has 1 aromatic heterocycles. The molecule has 0 saturated heterocycles. The Morgan fingerprint density at radius 2 is 2.11 bits per heavy atom. The normalized spacial score (nSPS) is 14.8. The third-order valence-electron chi connectivity index (χ3n) is 3.07. The fourth-order valence-corrected chi connectivity index (χ4v) is 3.33. The second-order valence-corrected chi connectivity index (χ2v) is 6.18. The molecule has 0 aromatic carbocycles. The third-order valence-corrected chi connectivity index (χ3v) is 4.41. The van der Waals surface area contributed by atoms with Crippen LogP contribution in [-0.4, -0.2) is 51.5 Å². The Labute approximate surface area is 124 Å². The zero-order valence-corrected chi connectivity index (χ0v) is 13.3. The van der Waals surface area contributed by atoms with Gasteiger partial charge in [-0.25, -0.2) is 0 Å². The summed E-state index contributed by atoms with van der Waals surface area (Å²) in [6, 6.07) is 4.39. The summed E-state index contributed by atoms with van der Waals surface area (Å²) in [7, 11) is 3.42. The Balaban J connectivity index is 2.85. The maximum atomic E-state index is 6.02. The molecule has 6 heteroatoms. The molecule has 1 heterocycles. The highest BCUT2D eigenvalue weighted by Gasteiger charge is 2.25. The summed E-state index contributed by atoms with van der Waals surface area (Å²) in [6.45, 7) is 4.84. The molecule has 4 nitrogen and oxygen atoms in total. The third kappa shape index (κ3) is 5.02. The highest BCUT2D eigenvalue weighted by molar-refractivity contribution is 7.16. The topological polar surface area (TPSA) is 47.7 Å². The molecule has 2 unspecified atom stereocenters. The highest BCUT2D eigenvalue weighted by atomic mass is 35.5. The van der Waals surface area contributed by atoms with Gasteiger partial charge in [0.1, 0.15) is 0 Å². The van der Waals surface area contributed by atoms with Crippen LogP contribution < -0.4 is 5.73 Å². The molecule has 1 rings (SSSR count). The van der Waals surface area contributed by atoms with Crippen LogP contribution in [0.4, 0.5) is 0 Å². The lowest BCUT2D eigenvalue weighted by atomic mass is 10.1. The lowest BCUT2D eigenvalue weighted by Gasteiger charge is -2.35. The average Bonchev–Trinajstić information content (AvgIpc) is 2.81. The van der Waals surface area contributed by atoms with Crippen molar-refractivity contribution in [3.05, 3.63) is 21.3 Å². The van der Waals surface area contributed by atoms with Crippen LogP contribution in [0.25, 0.3) is 0 Å². The van der Waals surface area contributed by atoms with E-state index in [-0.39, 0.29) is 12.1 Å². The summed E-state index contributed by atoms with van der Waals surface area (Å²) >= 11 is 7.60. The molecule has 19 heavy (non-hydrogen) atoms. The van der Waals surface area contributed by atoms with Gasteiger partial charge in [-0.05, 0) is 19.1 Å². The fraction of sp³-hybridized carbons (Fsp3) is 0.692. The number of nitrogens with two attached hydrogens (primary N) is 1. The Bertz CT molecular complexity index is 362. The molecule has 0 spiro atoms. The van der Waals surface area contributed by atoms with E-state index < -0.39 is 0 Å². The Morgan fingerprint density at radius 3 is 2.58 bits per heavy atom. The Morgan fingerprint density at radius 1 is 1.37 bits per heavy atom. The first kappa shape index (κ1) is 16.9. The quantitative estimate of drug-likeness (QED) is 0.761. The largest absolute Gasteiger partial charge is 0.383 e. The second-order valence-electron chi connectivity index (χ2n) is 4.43. The number of ether oxygens (including phenoxy) is 2. The first-order valence-electron chi connectivity index (χ1n) is 6.33. The maximum Gasteiger partial charge on any atom is 0.0931 e. The van der Waals surface area contributed by atoms with E-state index in [0.29, 0.717) is 19.8 Å². The minimum Gasteiger partial charge on any atom is -0.383 e. The van der Waals surface area contributed by atoms with Crippen molar-refractivity contribution in [2.75, 3.05) is 40.5 Å². The van der Waals surface area contributed by atoms with Gasteiger partial charge in [-0.1, -0.05) is 11.6 Å². The Hall–Kier alpha value is -0.170. The van der Waals surface area contributed by atoms with Gasteiger partial charge in [-0.3, -0.25) is 4.90 Å². The summed E-state index contributed by atoms with van der Waals surface area (Å²) in [6.07, 6.45) is 0. The monoisotopic (exact) mass is 306 g/mol. The van der Waals surface area contributed by atoms with Crippen molar-refractivity contribution in [2.24, 2.45) is 5.73 Å². The minimum atomic E-state index is 0.151. The average molecular weight is 307 g/mol. The summed E-state index contributed by atoms with van der Waals surface area (Å²) in [5.41, 5.74) is 5.96. The van der Waals surface area contributed by atoms with Gasteiger partial charge in [-0.15, -0.1) is 11.3 Å². The van der Waals surface area contributed by atoms with Crippen LogP contribution >= 0.6 is 22.9 Å². The Kier molecular flexibility index (Phi) is 7.90. The van der Waals surface area contributed by atoms with Crippen LogP contribution in [0.5, 0.6) is 0 Å². The smallest absolute Gasteiger partial charge is 0.0931 e. The second kappa shape index (κ2) is 8.89. The summed E-state index contributed by atoms with van der Waals surface area (Å²) < 4.78 is 11.2. The SMILES string of the molecule is COCCN(C(C)COC)C(CN)c1ccc(Cl)s1. The summed E-state index contributed by atoms with van der Waals surface area (Å²) in [5.74, 6) is 0. The van der Waals surface area contributed by atoms with Crippen LogP contribution in [0.2, 0.25) is 4.34 Å². The molecule has 110 valence electrons. The number of thiophene rings is 1. The first-order valence-corrected chi connectivity index (χ1v) is 7.52. The van der Waals surface area contributed by atoms with E-state index in [1.807, 2.05) is 12.1 Å². The van der Waals surface area contributed by atoms with Crippen molar-refractivity contribution in [1.82, 2.24) is 4.90 Å². The zero-order chi connectivity index (χ0) is 14.3. The molecule has 1 aromatic rings. The van der Waals surface area contributed by atoms with Gasteiger partial charge in [0.05, 0.1) is 23.6 Å². The van der Waals surface area contributed by atoms with Crippen molar-refractivity contribution >= 4 is 22.9 Å². The molecule has 0 saturated carbocycles. The van der Waals surface area contributed by atoms with Gasteiger partial charge in [0.15, 0.2) is 0 Å². The predicted octanol–water partition coefficient (Wildman–Crippen LogP) is 2.38. The van der Waals surface area contributed by atoms with Crippen LogP contribution in [0.3, 0.4) is 0 Å². The van der Waals surface area contributed by atoms with Gasteiger partial charge < -0.3 is 15.2 Å². The van der Waals surface area contributed by atoms with Crippen molar-refractivity contribution < 1.29 is 9.47 Å². The highest BCUT2D eigenvalue weighted by Crippen LogP contribution is 2.31. The molecule has 0 bridgehead atoms. The van der Waals surface area contributed by atoms with Crippen LogP contribution in [0.15, 0.2) is 12.1 Å². The maximum absolute atomic E-state index is 6.02. The van der Waals surface area contributed by atoms with Gasteiger partial charge in [0, 0.05) is 38.2 Å². The van der Waals surface area contributed by atoms with Crippen molar-refractivity contribution in [2.45, 2.75) is 19.0 Å². The number of methoxy groups -OCH3 is 2. The minimum absolute atomic E-state index is 0.151. The molecule has 0 aliphatic rings. The number of halogens is 1. The van der Waals surface area contributed by atoms with Gasteiger partial charge >= 0.3 is 0 Å². The number of nitrogens with zero attached hydrogens (tertiary/aromatic N) is 1. The van der Waals surface area contributed by atoms with Gasteiger partial charge in [-0.2, -0.15) is 0 Å². The van der Waals surface area contributed by atoms with Crippen molar-refractivity contribution in [1.29, 1.82) is 0 Å². The number of rotatable bonds is 9. The molecular weight excluding hydrogens is 284 g/mol. The molecule has 0 fully saturated rings. The predicted molar refractivity (Wildman–Crippen MR) is 81.0 cm³/mol. The fourth-order valence-electron chi connectivity index (χ4n) is 2.14. The molecule has 2 N–H and O–H groups in total. The van der Waals surface area contributed by atoms with Gasteiger partial charge in [0.25, 0.3) is 0 Å². The number of hydrogen-bond donors (Lipinski definition) is 1. The lowest BCUT2D eigenvalue weighted by Crippen LogP contribution is -2.43. The molecule has 0 aliphatic carbocycles. The van der Waals surface area contributed by atoms with Crippen molar-refractivity contribution in [3.63, 3.8) is 0 Å². The summed E-state index contributed by atoms with van der Waals surface area (Å²) in [5, 5.41) is 0. The molecule has 0 radical (unpaired) electrons. The first-order chi connectivity index (χ1) is 9.13. The van der Waals surface area contributed by atoms with E-state index in [9.17, 15) is 0 Å². The standard InChI is InChI=1S/C13H23ClN2O2S/c1-10(9-18-3)16(6-7-17-2)11(8-15)12-4-5-13(14)19-12/h4-5,10-11H,6-9,15H2,1-3H3. The lowest BCUT2D eigenvalue weighted by molar-refractivity contribution is 0.0496. The summed E-state index contributed by atoms with van der Waals surface area (Å²) in [4.78, 5) is 3.50. The van der Waals surface area contributed by atoms with E-state index in [1.165, 1.54) is 4.88 Å². The van der Waals surface area contributed by atoms with E-state index in [2.05, 4.69) is 11.8 Å². The van der Waals surface area contributed by atoms with E-state index in [4.69, 9.17) is 26.8 Å². The van der Waals surface area contributed by atoms with Crippen LogP contribution in [0.1, 0.15) is 17.8 Å². The molecule has 0 aliphatic heterocycles.